The summed E-state index contributed by atoms with van der Waals surface area (Å²) in [7, 11) is 1.85. The SMILES string of the molecule is C=CCNC(=NCc1ncnn1C)NCCc1ccco1.I. The van der Waals surface area contributed by atoms with Crippen LogP contribution in [-0.2, 0) is 20.0 Å². The standard InChI is InChI=1S/C14H20N6O.HI/c1-3-7-15-14(16-8-6-12-5-4-9-21-12)17-10-13-18-11-19-20(13)2;/h3-5,9,11H,1,6-8,10H2,2H3,(H2,15,16,17);1H. The number of nitrogens with one attached hydrogen (secondary N) is 2. The number of halogens is 1. The summed E-state index contributed by atoms with van der Waals surface area (Å²) < 4.78 is 7.00. The highest BCUT2D eigenvalue weighted by Gasteiger charge is 2.02. The van der Waals surface area contributed by atoms with E-state index in [-0.39, 0.29) is 24.0 Å². The molecule has 2 heterocycles. The Morgan fingerprint density at radius 1 is 1.50 bits per heavy atom. The van der Waals surface area contributed by atoms with Crippen LogP contribution in [-0.4, -0.2) is 33.8 Å². The predicted molar refractivity (Wildman–Crippen MR) is 96.2 cm³/mol. The Bertz CT molecular complexity index is 578. The van der Waals surface area contributed by atoms with Crippen molar-refractivity contribution in [2.24, 2.45) is 12.0 Å². The van der Waals surface area contributed by atoms with E-state index in [9.17, 15) is 0 Å². The lowest BCUT2D eigenvalue weighted by atomic mass is 10.3. The normalized spacial score (nSPS) is 10.9. The van der Waals surface area contributed by atoms with Gasteiger partial charge in [-0.3, -0.25) is 4.68 Å². The molecular weight excluding hydrogens is 395 g/mol. The highest BCUT2D eigenvalue weighted by Crippen LogP contribution is 1.99. The van der Waals surface area contributed by atoms with Gasteiger partial charge in [-0.1, -0.05) is 6.08 Å². The zero-order valence-corrected chi connectivity index (χ0v) is 14.9. The van der Waals surface area contributed by atoms with Crippen molar-refractivity contribution < 1.29 is 4.42 Å². The van der Waals surface area contributed by atoms with Crippen LogP contribution in [0.25, 0.3) is 0 Å². The van der Waals surface area contributed by atoms with Crippen LogP contribution in [0.15, 0.2) is 46.8 Å². The first-order chi connectivity index (χ1) is 10.3. The molecule has 8 heteroatoms. The second-order valence-electron chi connectivity index (χ2n) is 4.39. The Labute approximate surface area is 146 Å². The van der Waals surface area contributed by atoms with Gasteiger partial charge in [0.2, 0.25) is 0 Å². The van der Waals surface area contributed by atoms with Crippen molar-refractivity contribution in [3.05, 3.63) is 49.0 Å². The van der Waals surface area contributed by atoms with E-state index in [0.717, 1.165) is 24.6 Å². The minimum atomic E-state index is 0. The first kappa shape index (κ1) is 18.2. The predicted octanol–water partition coefficient (Wildman–Crippen LogP) is 1.49. The molecule has 2 aromatic heterocycles. The Morgan fingerprint density at radius 3 is 3.00 bits per heavy atom. The second-order valence-corrected chi connectivity index (χ2v) is 4.39. The summed E-state index contributed by atoms with van der Waals surface area (Å²) >= 11 is 0. The summed E-state index contributed by atoms with van der Waals surface area (Å²) in [4.78, 5) is 8.62. The first-order valence-corrected chi connectivity index (χ1v) is 6.78. The average Bonchev–Trinajstić information content (AvgIpc) is 3.13. The van der Waals surface area contributed by atoms with Crippen molar-refractivity contribution >= 4 is 29.9 Å². The van der Waals surface area contributed by atoms with E-state index in [0.29, 0.717) is 19.0 Å². The number of aryl methyl sites for hydroxylation is 1. The maximum absolute atomic E-state index is 5.29. The smallest absolute Gasteiger partial charge is 0.191 e. The van der Waals surface area contributed by atoms with Gasteiger partial charge in [-0.15, -0.1) is 30.6 Å². The Hall–Kier alpha value is -1.84. The number of hydrogen-bond acceptors (Lipinski definition) is 4. The monoisotopic (exact) mass is 416 g/mol. The molecule has 0 saturated heterocycles. The number of hydrogen-bond donors (Lipinski definition) is 2. The highest BCUT2D eigenvalue weighted by atomic mass is 127. The molecule has 0 spiro atoms. The fourth-order valence-electron chi connectivity index (χ4n) is 1.72. The van der Waals surface area contributed by atoms with E-state index in [1.807, 2.05) is 19.2 Å². The molecule has 0 aliphatic heterocycles. The van der Waals surface area contributed by atoms with Crippen molar-refractivity contribution in [1.82, 2.24) is 25.4 Å². The fourth-order valence-corrected chi connectivity index (χ4v) is 1.72. The van der Waals surface area contributed by atoms with E-state index in [1.165, 1.54) is 6.33 Å². The maximum Gasteiger partial charge on any atom is 0.191 e. The summed E-state index contributed by atoms with van der Waals surface area (Å²) in [5.74, 6) is 2.46. The van der Waals surface area contributed by atoms with Gasteiger partial charge in [0, 0.05) is 26.6 Å². The molecule has 7 nitrogen and oxygen atoms in total. The Kier molecular flexibility index (Phi) is 8.26. The molecule has 0 radical (unpaired) electrons. The minimum absolute atomic E-state index is 0. The van der Waals surface area contributed by atoms with Crippen LogP contribution in [0.4, 0.5) is 0 Å². The zero-order valence-electron chi connectivity index (χ0n) is 12.5. The third kappa shape index (κ3) is 5.88. The molecule has 2 N–H and O–H groups in total. The van der Waals surface area contributed by atoms with Crippen molar-refractivity contribution in [3.8, 4) is 0 Å². The molecule has 0 aromatic carbocycles. The number of guanidine groups is 1. The van der Waals surface area contributed by atoms with E-state index in [2.05, 4.69) is 32.3 Å². The summed E-state index contributed by atoms with van der Waals surface area (Å²) in [6.07, 6.45) is 5.78. The van der Waals surface area contributed by atoms with Crippen LogP contribution < -0.4 is 10.6 Å². The molecule has 22 heavy (non-hydrogen) atoms. The van der Waals surface area contributed by atoms with Crippen LogP contribution in [0.1, 0.15) is 11.6 Å². The number of furan rings is 1. The number of aliphatic imine (C=N–C) groups is 1. The molecule has 0 amide bonds. The summed E-state index contributed by atoms with van der Waals surface area (Å²) in [6, 6.07) is 3.84. The van der Waals surface area contributed by atoms with E-state index in [4.69, 9.17) is 4.42 Å². The van der Waals surface area contributed by atoms with Gasteiger partial charge in [0.25, 0.3) is 0 Å². The van der Waals surface area contributed by atoms with Gasteiger partial charge in [-0.25, -0.2) is 9.98 Å². The second kappa shape index (κ2) is 9.98. The lowest BCUT2D eigenvalue weighted by Crippen LogP contribution is -2.38. The zero-order chi connectivity index (χ0) is 14.9. The topological polar surface area (TPSA) is 80.3 Å². The lowest BCUT2D eigenvalue weighted by Gasteiger charge is -2.10. The van der Waals surface area contributed by atoms with E-state index < -0.39 is 0 Å². The third-order valence-electron chi connectivity index (χ3n) is 2.84. The van der Waals surface area contributed by atoms with Crippen LogP contribution in [0.5, 0.6) is 0 Å². The summed E-state index contributed by atoms with van der Waals surface area (Å²) in [5, 5.41) is 10.4. The summed E-state index contributed by atoms with van der Waals surface area (Å²) in [5.41, 5.74) is 0. The van der Waals surface area contributed by atoms with E-state index in [1.54, 1.807) is 17.0 Å². The molecule has 0 fully saturated rings. The fraction of sp³-hybridized carbons (Fsp3) is 0.357. The van der Waals surface area contributed by atoms with Crippen LogP contribution in [0.3, 0.4) is 0 Å². The molecule has 2 rings (SSSR count). The molecule has 0 bridgehead atoms. The molecule has 0 aliphatic rings. The van der Waals surface area contributed by atoms with Crippen molar-refractivity contribution in [3.63, 3.8) is 0 Å². The summed E-state index contributed by atoms with van der Waals surface area (Å²) in [6.45, 7) is 5.53. The van der Waals surface area contributed by atoms with Gasteiger partial charge in [-0.05, 0) is 12.1 Å². The van der Waals surface area contributed by atoms with Gasteiger partial charge >= 0.3 is 0 Å². The van der Waals surface area contributed by atoms with Gasteiger partial charge < -0.3 is 15.1 Å². The molecule has 120 valence electrons. The minimum Gasteiger partial charge on any atom is -0.469 e. The molecule has 2 aromatic rings. The number of aromatic nitrogens is 3. The van der Waals surface area contributed by atoms with Crippen LogP contribution in [0, 0.1) is 0 Å². The van der Waals surface area contributed by atoms with Crippen molar-refractivity contribution in [1.29, 1.82) is 0 Å². The van der Waals surface area contributed by atoms with Crippen LogP contribution >= 0.6 is 24.0 Å². The number of rotatable bonds is 7. The van der Waals surface area contributed by atoms with Gasteiger partial charge in [0.1, 0.15) is 24.5 Å². The van der Waals surface area contributed by atoms with Gasteiger partial charge in [-0.2, -0.15) is 5.10 Å². The first-order valence-electron chi connectivity index (χ1n) is 6.78. The quantitative estimate of drug-likeness (QED) is 0.310. The molecule has 0 atom stereocenters. The molecule has 0 aliphatic carbocycles. The third-order valence-corrected chi connectivity index (χ3v) is 2.84. The molecular formula is C14H21IN6O. The lowest BCUT2D eigenvalue weighted by molar-refractivity contribution is 0.507. The number of nitrogens with zero attached hydrogens (tertiary/aromatic N) is 4. The average molecular weight is 416 g/mol. The molecule has 0 saturated carbocycles. The maximum atomic E-state index is 5.29. The Balaban J connectivity index is 0.00000242. The van der Waals surface area contributed by atoms with Crippen molar-refractivity contribution in [2.75, 3.05) is 13.1 Å². The molecule has 0 unspecified atom stereocenters. The van der Waals surface area contributed by atoms with Crippen LogP contribution in [0.2, 0.25) is 0 Å². The van der Waals surface area contributed by atoms with E-state index >= 15 is 0 Å². The highest BCUT2D eigenvalue weighted by molar-refractivity contribution is 14.0. The largest absolute Gasteiger partial charge is 0.469 e. The van der Waals surface area contributed by atoms with Crippen molar-refractivity contribution in [2.45, 2.75) is 13.0 Å². The Morgan fingerprint density at radius 2 is 2.36 bits per heavy atom. The van der Waals surface area contributed by atoms with Gasteiger partial charge in [0.05, 0.1) is 6.26 Å². The van der Waals surface area contributed by atoms with Gasteiger partial charge in [0.15, 0.2) is 5.96 Å².